The van der Waals surface area contributed by atoms with E-state index < -0.39 is 46.9 Å². The number of hydrogen-bond donors (Lipinski definition) is 1. The molecule has 0 aromatic heterocycles. The van der Waals surface area contributed by atoms with Gasteiger partial charge in [-0.25, -0.2) is 0 Å². The van der Waals surface area contributed by atoms with Gasteiger partial charge in [0.2, 0.25) is 5.78 Å². The highest BCUT2D eigenvalue weighted by Crippen LogP contribution is 2.68. The van der Waals surface area contributed by atoms with Crippen LogP contribution in [0.1, 0.15) is 59.8 Å². The van der Waals surface area contributed by atoms with Gasteiger partial charge in [-0.15, -0.1) is 11.6 Å². The summed E-state index contributed by atoms with van der Waals surface area (Å²) in [6, 6.07) is 0. The molecule has 186 valence electrons. The summed E-state index contributed by atoms with van der Waals surface area (Å²) in [6.07, 6.45) is 5.97. The molecule has 8 atom stereocenters. The highest BCUT2D eigenvalue weighted by atomic mass is 35.5. The van der Waals surface area contributed by atoms with Gasteiger partial charge >= 0.3 is 11.9 Å². The molecule has 0 aromatic rings. The predicted molar refractivity (Wildman–Crippen MR) is 124 cm³/mol. The Labute approximate surface area is 204 Å². The number of aliphatic hydroxyl groups is 1. The minimum Gasteiger partial charge on any atom is -0.458 e. The highest BCUT2D eigenvalue weighted by molar-refractivity contribution is 6.21. The quantitative estimate of drug-likeness (QED) is 0.463. The number of hydrogen-bond acceptors (Lipinski definition) is 7. The summed E-state index contributed by atoms with van der Waals surface area (Å²) >= 11 is 6.97. The lowest BCUT2D eigenvalue weighted by molar-refractivity contribution is -0.200. The van der Waals surface area contributed by atoms with Crippen LogP contribution in [0.3, 0.4) is 0 Å². The van der Waals surface area contributed by atoms with Crippen molar-refractivity contribution in [3.8, 4) is 0 Å². The van der Waals surface area contributed by atoms with Gasteiger partial charge in [0, 0.05) is 35.5 Å². The van der Waals surface area contributed by atoms with Crippen LogP contribution in [0.4, 0.5) is 0 Å². The van der Waals surface area contributed by atoms with Crippen LogP contribution in [0, 0.1) is 28.6 Å². The Morgan fingerprint density at radius 3 is 2.62 bits per heavy atom. The SMILES string of the molecule is CCC(=O)O[C@]1(C(=O)COC(C)=O)CCC2C3C(C(O)CC21C)C1(C)C=CC(=O)C=C1C[C@H]3Cl. The van der Waals surface area contributed by atoms with E-state index >= 15 is 0 Å². The zero-order chi connectivity index (χ0) is 25.1. The molecule has 7 nitrogen and oxygen atoms in total. The molecule has 0 aliphatic heterocycles. The molecule has 3 saturated carbocycles. The number of alkyl halides is 1. The number of ether oxygens (including phenoxy) is 2. The van der Waals surface area contributed by atoms with E-state index in [0.29, 0.717) is 12.8 Å². The van der Waals surface area contributed by atoms with Gasteiger partial charge in [-0.3, -0.25) is 19.2 Å². The average molecular weight is 493 g/mol. The molecule has 1 N–H and O–H groups in total. The smallest absolute Gasteiger partial charge is 0.306 e. The number of fused-ring (bicyclic) bond motifs is 5. The van der Waals surface area contributed by atoms with E-state index in [-0.39, 0.29) is 48.2 Å². The molecule has 6 unspecified atom stereocenters. The van der Waals surface area contributed by atoms with Crippen molar-refractivity contribution in [3.05, 3.63) is 23.8 Å². The van der Waals surface area contributed by atoms with Crippen LogP contribution in [-0.4, -0.2) is 52.3 Å². The highest BCUT2D eigenvalue weighted by Gasteiger charge is 2.71. The van der Waals surface area contributed by atoms with Gasteiger partial charge in [0.1, 0.15) is 0 Å². The monoisotopic (exact) mass is 492 g/mol. The van der Waals surface area contributed by atoms with Gasteiger partial charge in [-0.05, 0) is 49.7 Å². The summed E-state index contributed by atoms with van der Waals surface area (Å²) in [5.41, 5.74) is -1.97. The largest absolute Gasteiger partial charge is 0.458 e. The Morgan fingerprint density at radius 2 is 1.97 bits per heavy atom. The molecule has 0 spiro atoms. The maximum absolute atomic E-state index is 13.5. The Morgan fingerprint density at radius 1 is 1.26 bits per heavy atom. The van der Waals surface area contributed by atoms with Gasteiger partial charge in [-0.1, -0.05) is 32.4 Å². The number of carbonyl (C=O) groups excluding carboxylic acids is 4. The van der Waals surface area contributed by atoms with Crippen molar-refractivity contribution in [1.29, 1.82) is 0 Å². The number of ketones is 2. The first-order chi connectivity index (χ1) is 15.9. The van der Waals surface area contributed by atoms with Crippen LogP contribution in [0.25, 0.3) is 0 Å². The maximum Gasteiger partial charge on any atom is 0.306 e. The normalized spacial score (nSPS) is 42.7. The van der Waals surface area contributed by atoms with Gasteiger partial charge < -0.3 is 14.6 Å². The summed E-state index contributed by atoms with van der Waals surface area (Å²) in [4.78, 5) is 49.5. The van der Waals surface area contributed by atoms with Crippen molar-refractivity contribution in [2.24, 2.45) is 28.6 Å². The summed E-state index contributed by atoms with van der Waals surface area (Å²) in [6.45, 7) is 6.34. The van der Waals surface area contributed by atoms with Crippen molar-refractivity contribution in [1.82, 2.24) is 0 Å². The molecule has 4 rings (SSSR count). The van der Waals surface area contributed by atoms with Crippen LogP contribution in [-0.2, 0) is 28.7 Å². The van der Waals surface area contributed by atoms with Crippen molar-refractivity contribution in [3.63, 3.8) is 0 Å². The fourth-order valence-corrected chi connectivity index (χ4v) is 7.96. The fraction of sp³-hybridized carbons (Fsp3) is 0.692. The van der Waals surface area contributed by atoms with E-state index in [1.165, 1.54) is 6.92 Å². The van der Waals surface area contributed by atoms with Crippen LogP contribution >= 0.6 is 11.6 Å². The van der Waals surface area contributed by atoms with Gasteiger partial charge in [-0.2, -0.15) is 0 Å². The average Bonchev–Trinajstić information content (AvgIpc) is 3.05. The lowest BCUT2D eigenvalue weighted by Gasteiger charge is -2.61. The molecule has 0 bridgehead atoms. The minimum atomic E-state index is -1.50. The summed E-state index contributed by atoms with van der Waals surface area (Å²) in [5, 5.41) is 11.2. The Hall–Kier alpha value is -1.99. The van der Waals surface area contributed by atoms with Gasteiger partial charge in [0.25, 0.3) is 0 Å². The number of rotatable bonds is 5. The second-order valence-corrected chi connectivity index (χ2v) is 11.3. The van der Waals surface area contributed by atoms with Crippen LogP contribution in [0.2, 0.25) is 0 Å². The zero-order valence-corrected chi connectivity index (χ0v) is 20.9. The first kappa shape index (κ1) is 25.1. The number of aliphatic hydroxyl groups excluding tert-OH is 1. The second-order valence-electron chi connectivity index (χ2n) is 10.7. The van der Waals surface area contributed by atoms with E-state index in [1.54, 1.807) is 19.1 Å². The molecular formula is C26H33ClO7. The summed E-state index contributed by atoms with van der Waals surface area (Å²) in [5.74, 6) is -2.12. The number of halogens is 1. The summed E-state index contributed by atoms with van der Waals surface area (Å²) in [7, 11) is 0. The molecule has 0 saturated heterocycles. The maximum atomic E-state index is 13.5. The molecule has 4 aliphatic rings. The molecule has 34 heavy (non-hydrogen) atoms. The van der Waals surface area contributed by atoms with Crippen molar-refractivity contribution >= 4 is 35.1 Å². The summed E-state index contributed by atoms with van der Waals surface area (Å²) < 4.78 is 10.9. The molecule has 0 aromatic carbocycles. The molecule has 0 amide bonds. The number of carbonyl (C=O) groups is 4. The zero-order valence-electron chi connectivity index (χ0n) is 20.1. The van der Waals surface area contributed by atoms with E-state index in [4.69, 9.17) is 21.1 Å². The van der Waals surface area contributed by atoms with E-state index in [9.17, 15) is 24.3 Å². The lowest BCUT2D eigenvalue weighted by atomic mass is 9.46. The van der Waals surface area contributed by atoms with Gasteiger partial charge in [0.15, 0.2) is 18.0 Å². The van der Waals surface area contributed by atoms with Crippen LogP contribution in [0.5, 0.6) is 0 Å². The second kappa shape index (κ2) is 8.59. The molecule has 8 heteroatoms. The first-order valence-corrected chi connectivity index (χ1v) is 12.5. The molecular weight excluding hydrogens is 460 g/mol. The predicted octanol–water partition coefficient (Wildman–Crippen LogP) is 3.31. The first-order valence-electron chi connectivity index (χ1n) is 12.0. The molecule has 4 aliphatic carbocycles. The Kier molecular flexibility index (Phi) is 6.35. The molecule has 3 fully saturated rings. The fourth-order valence-electron chi connectivity index (χ4n) is 7.46. The van der Waals surface area contributed by atoms with E-state index in [1.807, 2.05) is 19.9 Å². The van der Waals surface area contributed by atoms with Crippen molar-refractivity contribution in [2.45, 2.75) is 76.9 Å². The van der Waals surface area contributed by atoms with Gasteiger partial charge in [0.05, 0.1) is 6.10 Å². The third kappa shape index (κ3) is 3.58. The van der Waals surface area contributed by atoms with Crippen LogP contribution in [0.15, 0.2) is 23.8 Å². The van der Waals surface area contributed by atoms with Crippen molar-refractivity contribution < 1.29 is 33.8 Å². The third-order valence-electron chi connectivity index (χ3n) is 9.04. The van der Waals surface area contributed by atoms with Crippen molar-refractivity contribution in [2.75, 3.05) is 6.61 Å². The lowest BCUT2D eigenvalue weighted by Crippen LogP contribution is -2.64. The molecule has 0 radical (unpaired) electrons. The number of esters is 2. The Bertz CT molecular complexity index is 986. The van der Waals surface area contributed by atoms with E-state index in [0.717, 1.165) is 5.57 Å². The number of allylic oxidation sites excluding steroid dienone is 4. The van der Waals surface area contributed by atoms with E-state index in [2.05, 4.69) is 0 Å². The van der Waals surface area contributed by atoms with Crippen LogP contribution < -0.4 is 0 Å². The minimum absolute atomic E-state index is 0.0765. The topological polar surface area (TPSA) is 107 Å². The standard InChI is InChI=1S/C26H33ClO7/c1-5-21(32)34-26(20(31)13-33-14(2)28)9-7-17-22-18(27)11-15-10-16(29)6-8-24(15,3)23(22)19(30)12-25(17,26)4/h6,8,10,17-19,22-23,30H,5,7,9,11-13H2,1-4H3/t17?,18-,19?,22?,23?,24?,25?,26+/m1/s1. The Balaban J connectivity index is 1.77. The molecule has 0 heterocycles. The number of Topliss-reactive ketones (excluding diaryl/α,β-unsaturated/α-hetero) is 1. The third-order valence-corrected chi connectivity index (χ3v) is 9.48.